The maximum Gasteiger partial charge on any atom is 0.255 e. The second-order valence-electron chi connectivity index (χ2n) is 9.26. The van der Waals surface area contributed by atoms with E-state index in [1.54, 1.807) is 20.3 Å². The van der Waals surface area contributed by atoms with Crippen LogP contribution >= 0.6 is 0 Å². The summed E-state index contributed by atoms with van der Waals surface area (Å²) in [4.78, 5) is 20.1. The van der Waals surface area contributed by atoms with Crippen molar-refractivity contribution in [3.63, 3.8) is 0 Å². The number of benzene rings is 1. The molecule has 3 aliphatic rings. The van der Waals surface area contributed by atoms with Gasteiger partial charge in [-0.15, -0.1) is 0 Å². The summed E-state index contributed by atoms with van der Waals surface area (Å²) in [6.07, 6.45) is 9.07. The predicted molar refractivity (Wildman–Crippen MR) is 132 cm³/mol. The van der Waals surface area contributed by atoms with Crippen LogP contribution in [0.4, 0.5) is 0 Å². The van der Waals surface area contributed by atoms with Crippen molar-refractivity contribution in [2.45, 2.75) is 33.2 Å². The molecule has 2 unspecified atom stereocenters. The fourth-order valence-electron chi connectivity index (χ4n) is 4.77. The number of methoxy groups -OCH3 is 2. The first-order valence-electron chi connectivity index (χ1n) is 11.7. The molecular formula is C27H35N3O3. The predicted octanol–water partition coefficient (Wildman–Crippen LogP) is 4.28. The molecule has 1 saturated heterocycles. The Hall–Kier alpha value is -2.99. The molecule has 0 saturated carbocycles. The number of ether oxygens (including phenoxy) is 2. The quantitative estimate of drug-likeness (QED) is 0.687. The number of allylic oxidation sites excluding steroid dienone is 4. The first-order chi connectivity index (χ1) is 15.8. The molecule has 3 aliphatic heterocycles. The van der Waals surface area contributed by atoms with Gasteiger partial charge in [-0.3, -0.25) is 9.69 Å². The van der Waals surface area contributed by atoms with Gasteiger partial charge in [-0.1, -0.05) is 19.1 Å². The molecule has 1 amide bonds. The van der Waals surface area contributed by atoms with Crippen LogP contribution in [0.2, 0.25) is 0 Å². The molecule has 6 heteroatoms. The number of piperazine rings is 1. The van der Waals surface area contributed by atoms with Crippen LogP contribution in [-0.2, 0) is 4.79 Å². The Kier molecular flexibility index (Phi) is 6.66. The third-order valence-corrected chi connectivity index (χ3v) is 7.04. The number of rotatable bonds is 4. The molecule has 1 aromatic carbocycles. The average molecular weight is 450 g/mol. The molecule has 3 heterocycles. The first-order valence-corrected chi connectivity index (χ1v) is 11.7. The zero-order valence-electron chi connectivity index (χ0n) is 20.6. The van der Waals surface area contributed by atoms with Crippen molar-refractivity contribution in [2.75, 3.05) is 40.9 Å². The molecule has 176 valence electrons. The Morgan fingerprint density at radius 3 is 2.48 bits per heavy atom. The smallest absolute Gasteiger partial charge is 0.255 e. The lowest BCUT2D eigenvalue weighted by molar-refractivity contribution is -0.122. The highest BCUT2D eigenvalue weighted by Gasteiger charge is 2.28. The van der Waals surface area contributed by atoms with E-state index in [9.17, 15) is 4.79 Å². The summed E-state index contributed by atoms with van der Waals surface area (Å²) in [6.45, 7) is 9.44. The molecule has 1 fully saturated rings. The average Bonchev–Trinajstić information content (AvgIpc) is 2.81. The van der Waals surface area contributed by atoms with Gasteiger partial charge in [0.2, 0.25) is 0 Å². The van der Waals surface area contributed by atoms with E-state index >= 15 is 0 Å². The van der Waals surface area contributed by atoms with Crippen molar-refractivity contribution >= 4 is 11.5 Å². The van der Waals surface area contributed by atoms with Gasteiger partial charge in [0.1, 0.15) is 0 Å². The molecule has 2 atom stereocenters. The second kappa shape index (κ2) is 9.48. The second-order valence-corrected chi connectivity index (χ2v) is 9.26. The minimum absolute atomic E-state index is 0.0234. The van der Waals surface area contributed by atoms with Gasteiger partial charge in [0.15, 0.2) is 11.5 Å². The zero-order valence-corrected chi connectivity index (χ0v) is 20.6. The number of carbonyl (C=O) groups excluding carboxylic acids is 1. The van der Waals surface area contributed by atoms with Crippen LogP contribution in [0.25, 0.3) is 5.57 Å². The zero-order chi connectivity index (χ0) is 23.7. The third-order valence-electron chi connectivity index (χ3n) is 7.04. The molecule has 1 aromatic rings. The molecule has 6 nitrogen and oxygen atoms in total. The summed E-state index contributed by atoms with van der Waals surface area (Å²) >= 11 is 0. The van der Waals surface area contributed by atoms with Crippen molar-refractivity contribution in [2.24, 2.45) is 5.92 Å². The monoisotopic (exact) mass is 449 g/mol. The molecule has 4 rings (SSSR count). The van der Waals surface area contributed by atoms with E-state index in [1.807, 2.05) is 29.3 Å². The summed E-state index contributed by atoms with van der Waals surface area (Å²) < 4.78 is 10.9. The minimum Gasteiger partial charge on any atom is -0.493 e. The Morgan fingerprint density at radius 2 is 1.79 bits per heavy atom. The topological polar surface area (TPSA) is 45.2 Å². The van der Waals surface area contributed by atoms with Crippen molar-refractivity contribution in [3.8, 4) is 11.5 Å². The Bertz CT molecular complexity index is 1050. The van der Waals surface area contributed by atoms with Crippen LogP contribution < -0.4 is 9.47 Å². The first kappa shape index (κ1) is 23.2. The highest BCUT2D eigenvalue weighted by molar-refractivity contribution is 5.98. The lowest BCUT2D eigenvalue weighted by atomic mass is 9.88. The SMILES string of the molecule is COc1ccc(C2=CC(=O)N3C=C(N4CCN(C)C(C)C4)C=C(C)C3=CCC2C)cc1OC. The van der Waals surface area contributed by atoms with E-state index in [0.717, 1.165) is 54.2 Å². The summed E-state index contributed by atoms with van der Waals surface area (Å²) in [5, 5.41) is 0. The van der Waals surface area contributed by atoms with Gasteiger partial charge in [-0.25, -0.2) is 0 Å². The van der Waals surface area contributed by atoms with Gasteiger partial charge in [0.05, 0.1) is 19.9 Å². The maximum atomic E-state index is 13.6. The highest BCUT2D eigenvalue weighted by Crippen LogP contribution is 2.37. The lowest BCUT2D eigenvalue weighted by Crippen LogP contribution is -2.49. The summed E-state index contributed by atoms with van der Waals surface area (Å²) in [6, 6.07) is 6.32. The van der Waals surface area contributed by atoms with Crippen LogP contribution in [-0.4, -0.2) is 67.6 Å². The molecule has 0 aromatic heterocycles. The molecule has 0 N–H and O–H groups in total. The molecule has 33 heavy (non-hydrogen) atoms. The Labute approximate surface area is 197 Å². The van der Waals surface area contributed by atoms with Gasteiger partial charge in [0, 0.05) is 43.6 Å². The van der Waals surface area contributed by atoms with E-state index in [1.165, 1.54) is 0 Å². The van der Waals surface area contributed by atoms with Crippen LogP contribution in [0.15, 0.2) is 59.6 Å². The van der Waals surface area contributed by atoms with Crippen LogP contribution in [0.3, 0.4) is 0 Å². The maximum absolute atomic E-state index is 13.6. The number of nitrogens with zero attached hydrogens (tertiary/aromatic N) is 3. The highest BCUT2D eigenvalue weighted by atomic mass is 16.5. The van der Waals surface area contributed by atoms with Crippen molar-refractivity contribution in [1.29, 1.82) is 0 Å². The molecule has 0 radical (unpaired) electrons. The fraction of sp³-hybridized carbons (Fsp3) is 0.444. The van der Waals surface area contributed by atoms with Crippen LogP contribution in [0.5, 0.6) is 11.5 Å². The van der Waals surface area contributed by atoms with Gasteiger partial charge < -0.3 is 19.3 Å². The third kappa shape index (κ3) is 4.58. The summed E-state index contributed by atoms with van der Waals surface area (Å²) in [5.41, 5.74) is 5.20. The van der Waals surface area contributed by atoms with Gasteiger partial charge in [-0.05, 0) is 68.2 Å². The van der Waals surface area contributed by atoms with E-state index in [-0.39, 0.29) is 11.8 Å². The van der Waals surface area contributed by atoms with Gasteiger partial charge in [0.25, 0.3) is 5.91 Å². The number of hydrogen-bond acceptors (Lipinski definition) is 5. The van der Waals surface area contributed by atoms with E-state index < -0.39 is 0 Å². The Morgan fingerprint density at radius 1 is 1.03 bits per heavy atom. The molecule has 0 aliphatic carbocycles. The number of carbonyl (C=O) groups is 1. The standard InChI is InChI=1S/C27H35N3O3/c1-18-7-9-24-19(2)13-22(29-12-11-28(4)20(3)16-29)17-30(24)27(31)15-23(18)21-8-10-25(32-5)26(14-21)33-6/h8-10,13-15,17-18,20H,7,11-12,16H2,1-6H3. The van der Waals surface area contributed by atoms with Crippen LogP contribution in [0.1, 0.15) is 32.8 Å². The number of amides is 1. The van der Waals surface area contributed by atoms with E-state index in [4.69, 9.17) is 9.47 Å². The number of likely N-dealkylation sites (N-methyl/N-ethyl adjacent to an activating group) is 1. The largest absolute Gasteiger partial charge is 0.493 e. The molecular weight excluding hydrogens is 414 g/mol. The van der Waals surface area contributed by atoms with E-state index in [2.05, 4.69) is 49.8 Å². The summed E-state index contributed by atoms with van der Waals surface area (Å²) in [7, 11) is 5.43. The van der Waals surface area contributed by atoms with Crippen molar-refractivity contribution < 1.29 is 14.3 Å². The number of fused-ring (bicyclic) bond motifs is 1. The minimum atomic E-state index is -0.0234. The van der Waals surface area contributed by atoms with Crippen LogP contribution in [0, 0.1) is 5.92 Å². The van der Waals surface area contributed by atoms with Crippen molar-refractivity contribution in [1.82, 2.24) is 14.7 Å². The van der Waals surface area contributed by atoms with Crippen molar-refractivity contribution in [3.05, 3.63) is 65.2 Å². The molecule has 0 spiro atoms. The Balaban J connectivity index is 1.68. The normalized spacial score (nSPS) is 24.1. The number of hydrogen-bond donors (Lipinski definition) is 0. The van der Waals surface area contributed by atoms with Gasteiger partial charge in [-0.2, -0.15) is 0 Å². The lowest BCUT2D eigenvalue weighted by Gasteiger charge is -2.41. The fourth-order valence-corrected chi connectivity index (χ4v) is 4.77. The van der Waals surface area contributed by atoms with E-state index in [0.29, 0.717) is 17.5 Å². The van der Waals surface area contributed by atoms with Gasteiger partial charge >= 0.3 is 0 Å². The summed E-state index contributed by atoms with van der Waals surface area (Å²) in [5.74, 6) is 1.51. The molecule has 0 bridgehead atoms.